The van der Waals surface area contributed by atoms with E-state index in [1.54, 1.807) is 0 Å². The Bertz CT molecular complexity index is 1080. The maximum Gasteiger partial charge on any atom is 0.246 e. The van der Waals surface area contributed by atoms with Gasteiger partial charge in [-0.2, -0.15) is 4.31 Å². The van der Waals surface area contributed by atoms with Crippen molar-refractivity contribution in [2.45, 2.75) is 4.90 Å². The highest BCUT2D eigenvalue weighted by molar-refractivity contribution is 7.89. The van der Waals surface area contributed by atoms with E-state index in [2.05, 4.69) is 9.97 Å². The first-order chi connectivity index (χ1) is 13.4. The zero-order chi connectivity index (χ0) is 19.7. The summed E-state index contributed by atoms with van der Waals surface area (Å²) in [6.45, 7) is 1.03. The molecule has 0 saturated carbocycles. The molecule has 1 fully saturated rings. The highest BCUT2D eigenvalue weighted by Crippen LogP contribution is 2.23. The Morgan fingerprint density at radius 1 is 0.893 bits per heavy atom. The fourth-order valence-corrected chi connectivity index (χ4v) is 4.61. The van der Waals surface area contributed by atoms with Gasteiger partial charge in [-0.1, -0.05) is 0 Å². The van der Waals surface area contributed by atoms with E-state index in [0.29, 0.717) is 30.8 Å². The molecule has 7 nitrogen and oxygen atoms in total. The van der Waals surface area contributed by atoms with Gasteiger partial charge in [-0.3, -0.25) is 0 Å². The molecule has 0 spiro atoms. The molecule has 0 radical (unpaired) electrons. The van der Waals surface area contributed by atoms with Crippen molar-refractivity contribution in [3.63, 3.8) is 0 Å². The first-order valence-corrected chi connectivity index (χ1v) is 10.0. The molecule has 0 atom stereocenters. The van der Waals surface area contributed by atoms with Crippen molar-refractivity contribution in [2.75, 3.05) is 31.1 Å². The van der Waals surface area contributed by atoms with Gasteiger partial charge >= 0.3 is 0 Å². The van der Waals surface area contributed by atoms with Gasteiger partial charge in [0, 0.05) is 44.6 Å². The highest BCUT2D eigenvalue weighted by atomic mass is 32.2. The van der Waals surface area contributed by atoms with Gasteiger partial charge in [0.25, 0.3) is 0 Å². The quantitative estimate of drug-likeness (QED) is 0.665. The number of nitrogens with zero attached hydrogens (tertiary/aromatic N) is 5. The Morgan fingerprint density at radius 3 is 2.29 bits per heavy atom. The summed E-state index contributed by atoms with van der Waals surface area (Å²) in [4.78, 5) is 9.79. The molecule has 0 bridgehead atoms. The lowest BCUT2D eigenvalue weighted by Crippen LogP contribution is -2.49. The molecular weight excluding hydrogens is 388 g/mol. The number of halogens is 2. The van der Waals surface area contributed by atoms with Gasteiger partial charge < -0.3 is 9.47 Å². The fraction of sp³-hybridized carbons (Fsp3) is 0.222. The Hall–Kier alpha value is -2.85. The number of rotatable bonds is 4. The molecular formula is C18H17F2N5O2S. The molecule has 10 heteroatoms. The number of hydrogen-bond acceptors (Lipinski definition) is 5. The molecule has 0 amide bonds. The minimum Gasteiger partial charge on any atom is -0.354 e. The lowest BCUT2D eigenvalue weighted by molar-refractivity contribution is 0.381. The number of benzene rings is 1. The van der Waals surface area contributed by atoms with Crippen molar-refractivity contribution in [3.05, 3.63) is 66.8 Å². The van der Waals surface area contributed by atoms with Crippen molar-refractivity contribution in [1.82, 2.24) is 18.8 Å². The summed E-state index contributed by atoms with van der Waals surface area (Å²) in [6, 6.07) is 8.01. The van der Waals surface area contributed by atoms with Crippen molar-refractivity contribution < 1.29 is 17.2 Å². The first kappa shape index (κ1) is 18.5. The van der Waals surface area contributed by atoms with Gasteiger partial charge in [-0.25, -0.2) is 27.2 Å². The highest BCUT2D eigenvalue weighted by Gasteiger charge is 2.31. The largest absolute Gasteiger partial charge is 0.354 e. The van der Waals surface area contributed by atoms with Gasteiger partial charge in [0.15, 0.2) is 0 Å². The summed E-state index contributed by atoms with van der Waals surface area (Å²) in [5.74, 6) is -0.382. The van der Waals surface area contributed by atoms with Crippen LogP contribution in [0.15, 0.2) is 60.0 Å². The zero-order valence-electron chi connectivity index (χ0n) is 14.7. The molecule has 3 aromatic rings. The third-order valence-electron chi connectivity index (χ3n) is 4.58. The van der Waals surface area contributed by atoms with E-state index < -0.39 is 26.6 Å². The third kappa shape index (κ3) is 3.48. The van der Waals surface area contributed by atoms with Crippen molar-refractivity contribution in [1.29, 1.82) is 0 Å². The summed E-state index contributed by atoms with van der Waals surface area (Å²) >= 11 is 0. The average Bonchev–Trinajstić information content (AvgIpc) is 3.25. The van der Waals surface area contributed by atoms with E-state index in [1.165, 1.54) is 6.33 Å². The van der Waals surface area contributed by atoms with Gasteiger partial charge in [-0.15, -0.1) is 0 Å². The molecule has 0 unspecified atom stereocenters. The predicted octanol–water partition coefficient (Wildman–Crippen LogP) is 2.06. The molecule has 0 N–H and O–H groups in total. The van der Waals surface area contributed by atoms with Gasteiger partial charge in [0.1, 0.15) is 34.5 Å². The van der Waals surface area contributed by atoms with E-state index in [-0.39, 0.29) is 13.1 Å². The number of sulfonamides is 1. The maximum atomic E-state index is 13.9. The summed E-state index contributed by atoms with van der Waals surface area (Å²) in [7, 11) is -4.11. The molecule has 3 heterocycles. The standard InChI is InChI=1S/C18H17F2N5O2S/c19-14-3-4-15(20)16(11-14)28(26,27)25-9-7-24(8-10-25)18-12-17(21-13-22-18)23-5-1-2-6-23/h1-6,11-13H,7-10H2. The molecule has 4 rings (SSSR count). The Balaban J connectivity index is 1.51. The van der Waals surface area contributed by atoms with Crippen LogP contribution in [0.4, 0.5) is 14.6 Å². The van der Waals surface area contributed by atoms with Crippen LogP contribution in [0.25, 0.3) is 5.82 Å². The van der Waals surface area contributed by atoms with E-state index in [0.717, 1.165) is 16.4 Å². The van der Waals surface area contributed by atoms with E-state index in [4.69, 9.17) is 0 Å². The minimum absolute atomic E-state index is 0.140. The fourth-order valence-electron chi connectivity index (χ4n) is 3.11. The molecule has 1 saturated heterocycles. The predicted molar refractivity (Wildman–Crippen MR) is 98.7 cm³/mol. The van der Waals surface area contributed by atoms with Crippen LogP contribution in [0.2, 0.25) is 0 Å². The third-order valence-corrected chi connectivity index (χ3v) is 6.49. The number of anilines is 1. The van der Waals surface area contributed by atoms with Gasteiger partial charge in [-0.05, 0) is 30.3 Å². The second-order valence-electron chi connectivity index (χ2n) is 6.29. The van der Waals surface area contributed by atoms with Crippen LogP contribution in [0, 0.1) is 11.6 Å². The maximum absolute atomic E-state index is 13.9. The van der Waals surface area contributed by atoms with E-state index >= 15 is 0 Å². The molecule has 2 aromatic heterocycles. The minimum atomic E-state index is -4.11. The van der Waals surface area contributed by atoms with Crippen LogP contribution in [0.1, 0.15) is 0 Å². The lowest BCUT2D eigenvalue weighted by atomic mass is 10.3. The monoisotopic (exact) mass is 405 g/mol. The van der Waals surface area contributed by atoms with Crippen LogP contribution in [-0.4, -0.2) is 53.4 Å². The van der Waals surface area contributed by atoms with Gasteiger partial charge in [0.05, 0.1) is 0 Å². The topological polar surface area (TPSA) is 71.3 Å². The normalized spacial score (nSPS) is 15.7. The van der Waals surface area contributed by atoms with Crippen LogP contribution < -0.4 is 4.90 Å². The van der Waals surface area contributed by atoms with Gasteiger partial charge in [0.2, 0.25) is 10.0 Å². The Kier molecular flexibility index (Phi) is 4.82. The molecule has 1 aromatic carbocycles. The second kappa shape index (κ2) is 7.28. The van der Waals surface area contributed by atoms with E-state index in [9.17, 15) is 17.2 Å². The smallest absolute Gasteiger partial charge is 0.246 e. The Morgan fingerprint density at radius 2 is 1.57 bits per heavy atom. The first-order valence-electron chi connectivity index (χ1n) is 8.61. The van der Waals surface area contributed by atoms with Crippen LogP contribution >= 0.6 is 0 Å². The van der Waals surface area contributed by atoms with Crippen molar-refractivity contribution in [2.24, 2.45) is 0 Å². The second-order valence-corrected chi connectivity index (χ2v) is 8.20. The number of aromatic nitrogens is 3. The van der Waals surface area contributed by atoms with E-state index in [1.807, 2.05) is 40.1 Å². The Labute approximate surface area is 160 Å². The molecule has 146 valence electrons. The van der Waals surface area contributed by atoms with Crippen LogP contribution in [0.5, 0.6) is 0 Å². The summed E-state index contributed by atoms with van der Waals surface area (Å²) < 4.78 is 55.7. The number of hydrogen-bond donors (Lipinski definition) is 0. The lowest BCUT2D eigenvalue weighted by Gasteiger charge is -2.34. The molecule has 28 heavy (non-hydrogen) atoms. The summed E-state index contributed by atoms with van der Waals surface area (Å²) in [6.07, 6.45) is 5.18. The van der Waals surface area contributed by atoms with Crippen LogP contribution in [0.3, 0.4) is 0 Å². The summed E-state index contributed by atoms with van der Waals surface area (Å²) in [5.41, 5.74) is 0. The zero-order valence-corrected chi connectivity index (χ0v) is 15.6. The SMILES string of the molecule is O=S(=O)(c1cc(F)ccc1F)N1CCN(c2cc(-n3cccc3)ncn2)CC1. The van der Waals surface area contributed by atoms with Crippen molar-refractivity contribution in [3.8, 4) is 5.82 Å². The molecule has 1 aliphatic rings. The molecule has 1 aliphatic heterocycles. The summed E-state index contributed by atoms with van der Waals surface area (Å²) in [5, 5.41) is 0. The van der Waals surface area contributed by atoms with Crippen molar-refractivity contribution >= 4 is 15.8 Å². The van der Waals surface area contributed by atoms with Crippen LogP contribution in [-0.2, 0) is 10.0 Å². The number of piperazine rings is 1. The molecule has 0 aliphatic carbocycles. The average molecular weight is 405 g/mol.